The smallest absolute Gasteiger partial charge is 0.410 e. The highest BCUT2D eigenvalue weighted by molar-refractivity contribution is 5.89. The summed E-state index contributed by atoms with van der Waals surface area (Å²) in [5, 5.41) is 8.51. The maximum absolute atomic E-state index is 12.9. The SMILES string of the molecule is CCN(CCOC)C1CCN(C(=O)Oc2ccc3c(c2)CC[C@@H]2C3CCC3(C)C(=N)CCC23)CC1. The number of rotatable bonds is 6. The van der Waals surface area contributed by atoms with Gasteiger partial charge in [-0.2, -0.15) is 0 Å². The number of nitrogens with one attached hydrogen (secondary N) is 1. The first-order chi connectivity index (χ1) is 16.9. The van der Waals surface area contributed by atoms with Crippen LogP contribution in [-0.2, 0) is 11.2 Å². The summed E-state index contributed by atoms with van der Waals surface area (Å²) < 4.78 is 11.1. The van der Waals surface area contributed by atoms with Crippen LogP contribution in [0.25, 0.3) is 0 Å². The third-order valence-electron chi connectivity index (χ3n) is 9.92. The first kappa shape index (κ1) is 24.8. The number of likely N-dealkylation sites (N-methyl/N-ethyl adjacent to an activating group) is 1. The Morgan fingerprint density at radius 2 is 1.97 bits per heavy atom. The number of likely N-dealkylation sites (tertiary alicyclic amines) is 1. The number of ether oxygens (including phenoxy) is 2. The molecule has 1 heterocycles. The number of carbonyl (C=O) groups is 1. The lowest BCUT2D eigenvalue weighted by Crippen LogP contribution is -2.48. The fourth-order valence-corrected chi connectivity index (χ4v) is 7.82. The van der Waals surface area contributed by atoms with Crippen molar-refractivity contribution < 1.29 is 14.3 Å². The minimum absolute atomic E-state index is 0.138. The van der Waals surface area contributed by atoms with Crippen molar-refractivity contribution >= 4 is 11.8 Å². The lowest BCUT2D eigenvalue weighted by molar-refractivity contribution is 0.0803. The molecule has 1 amide bonds. The zero-order chi connectivity index (χ0) is 24.6. The third kappa shape index (κ3) is 4.64. The van der Waals surface area contributed by atoms with Gasteiger partial charge in [-0.05, 0) is 98.9 Å². The summed E-state index contributed by atoms with van der Waals surface area (Å²) in [4.78, 5) is 17.3. The molecule has 0 spiro atoms. The van der Waals surface area contributed by atoms with Crippen LogP contribution in [0.5, 0.6) is 5.75 Å². The van der Waals surface area contributed by atoms with E-state index in [0.29, 0.717) is 29.5 Å². The molecule has 1 aliphatic heterocycles. The van der Waals surface area contributed by atoms with Crippen LogP contribution in [0.4, 0.5) is 4.79 Å². The Morgan fingerprint density at radius 3 is 2.71 bits per heavy atom. The number of carbonyl (C=O) groups excluding carboxylic acids is 1. The lowest BCUT2D eigenvalue weighted by atomic mass is 9.55. The van der Waals surface area contributed by atoms with E-state index in [9.17, 15) is 4.79 Å². The summed E-state index contributed by atoms with van der Waals surface area (Å²) in [6.07, 6.45) is 8.53. The highest BCUT2D eigenvalue weighted by Gasteiger charge is 2.52. The highest BCUT2D eigenvalue weighted by Crippen LogP contribution is 2.59. The first-order valence-electron chi connectivity index (χ1n) is 13.8. The Bertz CT molecular complexity index is 941. The molecule has 3 aliphatic carbocycles. The van der Waals surface area contributed by atoms with Crippen molar-refractivity contribution in [3.05, 3.63) is 29.3 Å². The van der Waals surface area contributed by atoms with E-state index in [1.807, 2.05) is 11.0 Å². The molecule has 4 aliphatic rings. The summed E-state index contributed by atoms with van der Waals surface area (Å²) in [5.74, 6) is 2.66. The van der Waals surface area contributed by atoms with E-state index in [0.717, 1.165) is 70.6 Å². The van der Waals surface area contributed by atoms with E-state index in [1.54, 1.807) is 7.11 Å². The van der Waals surface area contributed by atoms with Gasteiger partial charge in [0.2, 0.25) is 0 Å². The lowest BCUT2D eigenvalue weighted by Gasteiger charge is -2.49. The Hall–Kier alpha value is -1.92. The standard InChI is InChI=1S/C29H43N3O3/c1-4-31(17-18-34-3)21-12-15-32(16-13-21)28(33)35-22-6-8-23-20(19-22)5-7-25-24(23)11-14-29(2)26(25)9-10-27(29)30/h6,8,19,21,24-26,30H,4-5,7,9-18H2,1-3H3/t24?,25-,26?,29?/m1/s1. The molecule has 4 atom stereocenters. The summed E-state index contributed by atoms with van der Waals surface area (Å²) in [6.45, 7) is 8.75. The molecule has 3 fully saturated rings. The molecule has 1 N–H and O–H groups in total. The van der Waals surface area contributed by atoms with Gasteiger partial charge in [0, 0.05) is 43.9 Å². The second kappa shape index (κ2) is 10.2. The summed E-state index contributed by atoms with van der Waals surface area (Å²) >= 11 is 0. The zero-order valence-electron chi connectivity index (χ0n) is 21.9. The van der Waals surface area contributed by atoms with Crippen LogP contribution in [0, 0.1) is 22.7 Å². The molecule has 192 valence electrons. The minimum Gasteiger partial charge on any atom is -0.410 e. The number of methoxy groups -OCH3 is 1. The first-order valence-corrected chi connectivity index (χ1v) is 13.8. The second-order valence-electron chi connectivity index (χ2n) is 11.5. The van der Waals surface area contributed by atoms with E-state index in [2.05, 4.69) is 30.9 Å². The molecule has 5 rings (SSSR count). The molecule has 6 nitrogen and oxygen atoms in total. The fourth-order valence-electron chi connectivity index (χ4n) is 7.82. The average Bonchev–Trinajstić information content (AvgIpc) is 3.19. The van der Waals surface area contributed by atoms with Gasteiger partial charge in [-0.3, -0.25) is 4.90 Å². The van der Waals surface area contributed by atoms with Crippen molar-refractivity contribution in [3.8, 4) is 5.75 Å². The number of piperidine rings is 1. The maximum atomic E-state index is 12.9. The molecule has 1 saturated heterocycles. The average molecular weight is 482 g/mol. The van der Waals surface area contributed by atoms with Crippen LogP contribution < -0.4 is 4.74 Å². The molecule has 3 unspecified atom stereocenters. The largest absolute Gasteiger partial charge is 0.415 e. The van der Waals surface area contributed by atoms with Gasteiger partial charge in [0.1, 0.15) is 5.75 Å². The molecule has 0 aromatic heterocycles. The molecule has 2 saturated carbocycles. The summed E-state index contributed by atoms with van der Waals surface area (Å²) in [5.41, 5.74) is 3.97. The number of hydrogen-bond acceptors (Lipinski definition) is 5. The van der Waals surface area contributed by atoms with Gasteiger partial charge >= 0.3 is 6.09 Å². The van der Waals surface area contributed by atoms with Crippen molar-refractivity contribution in [3.63, 3.8) is 0 Å². The third-order valence-corrected chi connectivity index (χ3v) is 9.92. The second-order valence-corrected chi connectivity index (χ2v) is 11.5. The number of hydrogen-bond donors (Lipinski definition) is 1. The van der Waals surface area contributed by atoms with Gasteiger partial charge < -0.3 is 19.8 Å². The van der Waals surface area contributed by atoms with Crippen molar-refractivity contribution in [2.24, 2.45) is 17.3 Å². The van der Waals surface area contributed by atoms with Crippen LogP contribution >= 0.6 is 0 Å². The normalized spacial score (nSPS) is 30.7. The fraction of sp³-hybridized carbons (Fsp3) is 0.724. The van der Waals surface area contributed by atoms with E-state index in [-0.39, 0.29) is 11.5 Å². The number of fused-ring (bicyclic) bond motifs is 5. The van der Waals surface area contributed by atoms with Gasteiger partial charge in [0.25, 0.3) is 0 Å². The molecule has 35 heavy (non-hydrogen) atoms. The molecule has 0 radical (unpaired) electrons. The predicted octanol–water partition coefficient (Wildman–Crippen LogP) is 5.49. The molecular formula is C29H43N3O3. The Kier molecular flexibility index (Phi) is 7.23. The van der Waals surface area contributed by atoms with Crippen LogP contribution in [0.3, 0.4) is 0 Å². The van der Waals surface area contributed by atoms with E-state index < -0.39 is 0 Å². The van der Waals surface area contributed by atoms with Crippen molar-refractivity contribution in [1.82, 2.24) is 9.80 Å². The zero-order valence-corrected chi connectivity index (χ0v) is 21.9. The predicted molar refractivity (Wildman–Crippen MR) is 139 cm³/mol. The molecule has 1 aromatic rings. The molecular weight excluding hydrogens is 438 g/mol. The highest BCUT2D eigenvalue weighted by atomic mass is 16.6. The number of nitrogens with zero attached hydrogens (tertiary/aromatic N) is 2. The quantitative estimate of drug-likeness (QED) is 0.583. The van der Waals surface area contributed by atoms with Crippen molar-refractivity contribution in [1.29, 1.82) is 5.41 Å². The van der Waals surface area contributed by atoms with Crippen molar-refractivity contribution in [2.45, 2.75) is 77.2 Å². The van der Waals surface area contributed by atoms with Crippen molar-refractivity contribution in [2.75, 3.05) is 39.9 Å². The van der Waals surface area contributed by atoms with Crippen LogP contribution in [-0.4, -0.2) is 67.5 Å². The van der Waals surface area contributed by atoms with Gasteiger partial charge in [0.15, 0.2) is 0 Å². The summed E-state index contributed by atoms with van der Waals surface area (Å²) in [7, 11) is 1.75. The topological polar surface area (TPSA) is 65.9 Å². The number of aryl methyl sites for hydroxylation is 1. The van der Waals surface area contributed by atoms with E-state index in [1.165, 1.54) is 30.4 Å². The van der Waals surface area contributed by atoms with Crippen LogP contribution in [0.15, 0.2) is 18.2 Å². The molecule has 0 bridgehead atoms. The minimum atomic E-state index is -0.213. The van der Waals surface area contributed by atoms with Gasteiger partial charge in [-0.1, -0.05) is 19.9 Å². The Morgan fingerprint density at radius 1 is 1.17 bits per heavy atom. The van der Waals surface area contributed by atoms with Gasteiger partial charge in [0.05, 0.1) is 6.61 Å². The van der Waals surface area contributed by atoms with Gasteiger partial charge in [-0.25, -0.2) is 4.79 Å². The number of amides is 1. The Labute approximate surface area is 210 Å². The van der Waals surface area contributed by atoms with E-state index in [4.69, 9.17) is 14.9 Å². The summed E-state index contributed by atoms with van der Waals surface area (Å²) in [6, 6.07) is 6.89. The number of benzene rings is 1. The van der Waals surface area contributed by atoms with E-state index >= 15 is 0 Å². The van der Waals surface area contributed by atoms with Crippen LogP contribution in [0.1, 0.15) is 75.8 Å². The van der Waals surface area contributed by atoms with Crippen LogP contribution in [0.2, 0.25) is 0 Å². The monoisotopic (exact) mass is 481 g/mol. The maximum Gasteiger partial charge on any atom is 0.415 e. The molecule has 1 aromatic carbocycles. The Balaban J connectivity index is 1.19. The van der Waals surface area contributed by atoms with Gasteiger partial charge in [-0.15, -0.1) is 0 Å². The molecule has 6 heteroatoms.